The van der Waals surface area contributed by atoms with Gasteiger partial charge in [-0.3, -0.25) is 0 Å². The molecule has 0 saturated carbocycles. The molecule has 0 amide bonds. The van der Waals surface area contributed by atoms with Crippen molar-refractivity contribution in [2.75, 3.05) is 36.1 Å². The quantitative estimate of drug-likeness (QED) is 0.357. The van der Waals surface area contributed by atoms with Crippen LogP contribution >= 0.6 is 0 Å². The number of fused-ring (bicyclic) bond motifs is 3. The van der Waals surface area contributed by atoms with Crippen molar-refractivity contribution < 1.29 is 4.74 Å². The largest absolute Gasteiger partial charge is 0.474 e. The van der Waals surface area contributed by atoms with Crippen molar-refractivity contribution in [2.45, 2.75) is 19.9 Å². The van der Waals surface area contributed by atoms with Crippen LogP contribution in [0.5, 0.6) is 5.88 Å². The third-order valence-electron chi connectivity index (χ3n) is 6.34. The van der Waals surface area contributed by atoms with E-state index in [1.807, 2.05) is 18.3 Å². The minimum Gasteiger partial charge on any atom is -0.474 e. The number of ether oxygens (including phenoxy) is 1. The third-order valence-corrected chi connectivity index (χ3v) is 6.34. The Kier molecular flexibility index (Phi) is 4.73. The van der Waals surface area contributed by atoms with Crippen molar-refractivity contribution in [1.29, 1.82) is 0 Å². The summed E-state index contributed by atoms with van der Waals surface area (Å²) in [6, 6.07) is 10.4. The summed E-state index contributed by atoms with van der Waals surface area (Å²) in [5.41, 5.74) is 15.5. The van der Waals surface area contributed by atoms with Gasteiger partial charge in [0, 0.05) is 47.8 Å². The summed E-state index contributed by atoms with van der Waals surface area (Å²) in [5, 5.41) is 11.0. The topological polar surface area (TPSA) is 110 Å². The predicted octanol–water partition coefficient (Wildman–Crippen LogP) is 3.78. The van der Waals surface area contributed by atoms with Crippen LogP contribution in [0.15, 0.2) is 42.7 Å². The normalized spacial score (nSPS) is 14.7. The van der Waals surface area contributed by atoms with Crippen LogP contribution in [0.3, 0.4) is 0 Å². The fourth-order valence-corrected chi connectivity index (χ4v) is 4.58. The van der Waals surface area contributed by atoms with Crippen molar-refractivity contribution in [3.05, 3.63) is 59.4 Å². The van der Waals surface area contributed by atoms with E-state index in [1.165, 1.54) is 11.1 Å². The van der Waals surface area contributed by atoms with E-state index < -0.39 is 0 Å². The van der Waals surface area contributed by atoms with Crippen LogP contribution in [0.4, 0.5) is 23.0 Å². The average Bonchev–Trinajstić information content (AvgIpc) is 2.84. The van der Waals surface area contributed by atoms with Crippen LogP contribution in [0, 0.1) is 6.92 Å². The minimum absolute atomic E-state index is 0.540. The molecule has 2 aliphatic heterocycles. The van der Waals surface area contributed by atoms with E-state index in [4.69, 9.17) is 15.5 Å². The van der Waals surface area contributed by atoms with Gasteiger partial charge in [-0.15, -0.1) is 0 Å². The summed E-state index contributed by atoms with van der Waals surface area (Å²) in [6.45, 7) is 5.36. The number of nitrogens with zero attached hydrogens (tertiary/aromatic N) is 3. The molecule has 0 bridgehead atoms. The summed E-state index contributed by atoms with van der Waals surface area (Å²) in [5.74, 6) is 1.18. The van der Waals surface area contributed by atoms with Gasteiger partial charge in [-0.1, -0.05) is 6.07 Å². The number of hydrogen-bond acceptors (Lipinski definition) is 8. The van der Waals surface area contributed by atoms with Gasteiger partial charge in [-0.25, -0.2) is 15.0 Å². The molecule has 2 aliphatic rings. The molecule has 4 heterocycles. The molecule has 4 aromatic rings. The van der Waals surface area contributed by atoms with Gasteiger partial charge in [0.1, 0.15) is 12.3 Å². The molecule has 2 aromatic carbocycles. The molecule has 8 heteroatoms. The maximum atomic E-state index is 6.39. The number of nitrogen functional groups attached to an aromatic ring is 1. The first kappa shape index (κ1) is 19.8. The second-order valence-corrected chi connectivity index (χ2v) is 8.48. The highest BCUT2D eigenvalue weighted by Gasteiger charge is 2.18. The van der Waals surface area contributed by atoms with Crippen LogP contribution in [0.2, 0.25) is 0 Å². The zero-order valence-electron chi connectivity index (χ0n) is 18.4. The fraction of sp³-hybridized carbons (Fsp3) is 0.240. The van der Waals surface area contributed by atoms with Gasteiger partial charge >= 0.3 is 0 Å². The van der Waals surface area contributed by atoms with Gasteiger partial charge in [0.05, 0.1) is 5.52 Å². The molecule has 166 valence electrons. The Hall–Kier alpha value is -3.91. The van der Waals surface area contributed by atoms with Crippen LogP contribution < -0.4 is 26.4 Å². The third kappa shape index (κ3) is 3.58. The van der Waals surface area contributed by atoms with E-state index in [-0.39, 0.29) is 0 Å². The first-order valence-corrected chi connectivity index (χ1v) is 11.2. The van der Waals surface area contributed by atoms with Gasteiger partial charge in [0.15, 0.2) is 0 Å². The molecule has 0 atom stereocenters. The summed E-state index contributed by atoms with van der Waals surface area (Å²) >= 11 is 0. The first-order valence-electron chi connectivity index (χ1n) is 11.2. The van der Waals surface area contributed by atoms with Crippen LogP contribution in [-0.4, -0.2) is 34.6 Å². The van der Waals surface area contributed by atoms with Crippen LogP contribution in [0.25, 0.3) is 22.0 Å². The Morgan fingerprint density at radius 2 is 2.00 bits per heavy atom. The Morgan fingerprint density at radius 1 is 1.06 bits per heavy atom. The van der Waals surface area contributed by atoms with E-state index in [0.29, 0.717) is 24.1 Å². The lowest BCUT2D eigenvalue weighted by Crippen LogP contribution is -2.23. The standard InChI is InChI=1S/C25H25N7O/c1-14-19(12-29-24-23(14)28-6-7-33-24)16-9-21(26)20-13-30-25(32-22(20)10-16)31-18-3-2-15-4-5-27-11-17(15)8-18/h2-3,8-10,12-13,27-28H,4-7,11,26H2,1H3,(H,30,31,32). The molecule has 8 nitrogen and oxygen atoms in total. The van der Waals surface area contributed by atoms with Gasteiger partial charge in [0.25, 0.3) is 0 Å². The molecular formula is C25H25N7O. The van der Waals surface area contributed by atoms with Gasteiger partial charge < -0.3 is 26.4 Å². The molecule has 6 rings (SSSR count). The van der Waals surface area contributed by atoms with Crippen molar-refractivity contribution in [3.63, 3.8) is 0 Å². The molecule has 33 heavy (non-hydrogen) atoms. The monoisotopic (exact) mass is 439 g/mol. The number of hydrogen-bond donors (Lipinski definition) is 4. The Bertz CT molecular complexity index is 1390. The maximum absolute atomic E-state index is 6.39. The molecular weight excluding hydrogens is 414 g/mol. The second kappa shape index (κ2) is 7.90. The van der Waals surface area contributed by atoms with E-state index in [0.717, 1.165) is 65.0 Å². The lowest BCUT2D eigenvalue weighted by molar-refractivity contribution is 0.310. The number of rotatable bonds is 3. The molecule has 0 unspecified atom stereocenters. The lowest BCUT2D eigenvalue weighted by atomic mass is 9.99. The van der Waals surface area contributed by atoms with Crippen molar-refractivity contribution in [3.8, 4) is 17.0 Å². The zero-order chi connectivity index (χ0) is 22.4. The highest BCUT2D eigenvalue weighted by Crippen LogP contribution is 2.37. The first-order chi connectivity index (χ1) is 16.2. The number of pyridine rings is 1. The summed E-state index contributed by atoms with van der Waals surface area (Å²) in [6.07, 6.45) is 4.67. The number of nitrogens with two attached hydrogens (primary N) is 1. The molecule has 2 aromatic heterocycles. The number of benzene rings is 2. The van der Waals surface area contributed by atoms with E-state index in [1.54, 1.807) is 6.20 Å². The molecule has 0 radical (unpaired) electrons. The predicted molar refractivity (Wildman–Crippen MR) is 131 cm³/mol. The van der Waals surface area contributed by atoms with Crippen molar-refractivity contribution in [1.82, 2.24) is 20.3 Å². The number of aromatic nitrogens is 3. The van der Waals surface area contributed by atoms with Crippen LogP contribution in [0.1, 0.15) is 16.7 Å². The fourth-order valence-electron chi connectivity index (χ4n) is 4.58. The molecule has 0 spiro atoms. The molecule has 0 fully saturated rings. The lowest BCUT2D eigenvalue weighted by Gasteiger charge is -2.21. The summed E-state index contributed by atoms with van der Waals surface area (Å²) in [4.78, 5) is 13.8. The van der Waals surface area contributed by atoms with Crippen molar-refractivity contribution in [2.24, 2.45) is 0 Å². The van der Waals surface area contributed by atoms with Crippen LogP contribution in [-0.2, 0) is 13.0 Å². The molecule has 0 aliphatic carbocycles. The Balaban J connectivity index is 1.37. The van der Waals surface area contributed by atoms with Gasteiger partial charge in [0.2, 0.25) is 11.8 Å². The number of nitrogens with one attached hydrogen (secondary N) is 3. The highest BCUT2D eigenvalue weighted by molar-refractivity contribution is 5.95. The average molecular weight is 440 g/mol. The van der Waals surface area contributed by atoms with E-state index in [2.05, 4.69) is 51.0 Å². The summed E-state index contributed by atoms with van der Waals surface area (Å²) in [7, 11) is 0. The van der Waals surface area contributed by atoms with Crippen molar-refractivity contribution >= 4 is 33.9 Å². The molecule has 0 saturated heterocycles. The van der Waals surface area contributed by atoms with E-state index in [9.17, 15) is 0 Å². The molecule has 5 N–H and O–H groups in total. The van der Waals surface area contributed by atoms with Gasteiger partial charge in [-0.05, 0) is 66.4 Å². The maximum Gasteiger partial charge on any atom is 0.237 e. The smallest absolute Gasteiger partial charge is 0.237 e. The number of anilines is 4. The summed E-state index contributed by atoms with van der Waals surface area (Å²) < 4.78 is 5.66. The Morgan fingerprint density at radius 3 is 2.94 bits per heavy atom. The second-order valence-electron chi connectivity index (χ2n) is 8.48. The zero-order valence-corrected chi connectivity index (χ0v) is 18.4. The Labute approximate surface area is 191 Å². The van der Waals surface area contributed by atoms with E-state index >= 15 is 0 Å². The minimum atomic E-state index is 0.540. The SMILES string of the molecule is Cc1c(-c2cc(N)c3cnc(Nc4ccc5c(c4)CNCC5)nc3c2)cnc2c1NCCO2. The van der Waals surface area contributed by atoms with Gasteiger partial charge in [-0.2, -0.15) is 0 Å². The highest BCUT2D eigenvalue weighted by atomic mass is 16.5.